The number of halogens is 1. The smallest absolute Gasteiger partial charge is 0.243 e. The highest BCUT2D eigenvalue weighted by molar-refractivity contribution is 7.09. The van der Waals surface area contributed by atoms with E-state index in [1.165, 1.54) is 11.0 Å². The van der Waals surface area contributed by atoms with Gasteiger partial charge < -0.3 is 20.3 Å². The van der Waals surface area contributed by atoms with Crippen LogP contribution in [0.15, 0.2) is 46.8 Å². The fraction of sp³-hybridized carbons (Fsp3) is 0.368. The van der Waals surface area contributed by atoms with Crippen LogP contribution in [-0.2, 0) is 11.3 Å². The Balaban J connectivity index is 1.92. The molecule has 1 heterocycles. The maximum Gasteiger partial charge on any atom is 0.243 e. The molecular formula is C19H25FN4O2S. The number of benzene rings is 1. The predicted molar refractivity (Wildman–Crippen MR) is 107 cm³/mol. The van der Waals surface area contributed by atoms with Crippen LogP contribution in [0.3, 0.4) is 0 Å². The van der Waals surface area contributed by atoms with Crippen molar-refractivity contribution < 1.29 is 13.9 Å². The van der Waals surface area contributed by atoms with Crippen molar-refractivity contribution >= 4 is 23.2 Å². The highest BCUT2D eigenvalue weighted by Gasteiger charge is 2.10. The van der Waals surface area contributed by atoms with Crippen molar-refractivity contribution in [1.29, 1.82) is 0 Å². The molecule has 1 amide bonds. The van der Waals surface area contributed by atoms with Crippen LogP contribution in [0.25, 0.3) is 0 Å². The van der Waals surface area contributed by atoms with Crippen molar-refractivity contribution in [1.82, 2.24) is 15.5 Å². The third-order valence-corrected chi connectivity index (χ3v) is 4.48. The van der Waals surface area contributed by atoms with Crippen molar-refractivity contribution in [2.45, 2.75) is 19.6 Å². The van der Waals surface area contributed by atoms with Crippen LogP contribution in [-0.4, -0.2) is 50.1 Å². The summed E-state index contributed by atoms with van der Waals surface area (Å²) in [5, 5.41) is 8.34. The van der Waals surface area contributed by atoms with Gasteiger partial charge in [-0.25, -0.2) is 9.38 Å². The predicted octanol–water partition coefficient (Wildman–Crippen LogP) is 2.48. The van der Waals surface area contributed by atoms with Gasteiger partial charge in [-0.1, -0.05) is 18.2 Å². The number of likely N-dealkylation sites (N-methyl/N-ethyl adjacent to an activating group) is 1. The number of para-hydroxylation sites is 1. The van der Waals surface area contributed by atoms with Crippen LogP contribution in [0.5, 0.6) is 5.75 Å². The number of hydrogen-bond acceptors (Lipinski definition) is 4. The van der Waals surface area contributed by atoms with Gasteiger partial charge in [0.2, 0.25) is 5.91 Å². The lowest BCUT2D eigenvalue weighted by Crippen LogP contribution is -2.42. The second-order valence-corrected chi connectivity index (χ2v) is 7.16. The first kappa shape index (κ1) is 20.7. The van der Waals surface area contributed by atoms with Crippen molar-refractivity contribution in [3.63, 3.8) is 0 Å². The SMILES string of the molecule is CC(CNC(=NCC(=O)N(C)C)NCc1cccs1)Oc1ccccc1F. The van der Waals surface area contributed by atoms with E-state index in [-0.39, 0.29) is 24.3 Å². The van der Waals surface area contributed by atoms with Gasteiger partial charge >= 0.3 is 0 Å². The summed E-state index contributed by atoms with van der Waals surface area (Å²) in [6, 6.07) is 10.3. The van der Waals surface area contributed by atoms with Gasteiger partial charge in [-0.3, -0.25) is 4.79 Å². The molecule has 1 unspecified atom stereocenters. The molecule has 2 rings (SSSR count). The number of guanidine groups is 1. The molecule has 146 valence electrons. The van der Waals surface area contributed by atoms with E-state index in [1.54, 1.807) is 43.6 Å². The van der Waals surface area contributed by atoms with Gasteiger partial charge in [-0.05, 0) is 30.5 Å². The average Bonchev–Trinajstić information content (AvgIpc) is 3.16. The van der Waals surface area contributed by atoms with Gasteiger partial charge in [0.1, 0.15) is 12.6 Å². The van der Waals surface area contributed by atoms with E-state index < -0.39 is 5.82 Å². The molecule has 0 saturated carbocycles. The Morgan fingerprint density at radius 1 is 1.26 bits per heavy atom. The molecule has 0 fully saturated rings. The van der Waals surface area contributed by atoms with Crippen LogP contribution in [0, 0.1) is 5.82 Å². The molecule has 27 heavy (non-hydrogen) atoms. The number of aliphatic imine (C=N–C) groups is 1. The monoisotopic (exact) mass is 392 g/mol. The highest BCUT2D eigenvalue weighted by Crippen LogP contribution is 2.16. The Kier molecular flexibility index (Phi) is 8.06. The van der Waals surface area contributed by atoms with Gasteiger partial charge in [0, 0.05) is 19.0 Å². The zero-order chi connectivity index (χ0) is 19.6. The van der Waals surface area contributed by atoms with Crippen LogP contribution < -0.4 is 15.4 Å². The van der Waals surface area contributed by atoms with Crippen LogP contribution in [0.1, 0.15) is 11.8 Å². The quantitative estimate of drug-likeness (QED) is 0.535. The summed E-state index contributed by atoms with van der Waals surface area (Å²) in [4.78, 5) is 18.8. The minimum absolute atomic E-state index is 0.0370. The van der Waals surface area contributed by atoms with E-state index in [4.69, 9.17) is 4.74 Å². The molecule has 2 aromatic rings. The van der Waals surface area contributed by atoms with E-state index in [2.05, 4.69) is 15.6 Å². The average molecular weight is 393 g/mol. The third kappa shape index (κ3) is 7.26. The Labute approximate surface area is 163 Å². The summed E-state index contributed by atoms with van der Waals surface area (Å²) in [7, 11) is 3.38. The topological polar surface area (TPSA) is 66.0 Å². The molecule has 0 aliphatic carbocycles. The van der Waals surface area contributed by atoms with Crippen molar-refractivity contribution in [2.75, 3.05) is 27.2 Å². The van der Waals surface area contributed by atoms with E-state index >= 15 is 0 Å². The fourth-order valence-corrected chi connectivity index (χ4v) is 2.73. The Hall–Kier alpha value is -2.61. The summed E-state index contributed by atoms with van der Waals surface area (Å²) in [5.41, 5.74) is 0. The van der Waals surface area contributed by atoms with Gasteiger partial charge in [0.25, 0.3) is 0 Å². The van der Waals surface area contributed by atoms with Crippen LogP contribution in [0.2, 0.25) is 0 Å². The van der Waals surface area contributed by atoms with Crippen molar-refractivity contribution in [2.24, 2.45) is 4.99 Å². The van der Waals surface area contributed by atoms with Crippen molar-refractivity contribution in [3.8, 4) is 5.75 Å². The second kappa shape index (κ2) is 10.5. The molecule has 2 N–H and O–H groups in total. The van der Waals surface area contributed by atoms with Gasteiger partial charge in [-0.2, -0.15) is 0 Å². The number of carbonyl (C=O) groups is 1. The lowest BCUT2D eigenvalue weighted by atomic mass is 10.3. The number of thiophene rings is 1. The number of nitrogens with zero attached hydrogens (tertiary/aromatic N) is 2. The minimum atomic E-state index is -0.398. The lowest BCUT2D eigenvalue weighted by molar-refractivity contribution is -0.127. The summed E-state index contributed by atoms with van der Waals surface area (Å²) in [5.74, 6) is 0.218. The minimum Gasteiger partial charge on any atom is -0.486 e. The number of rotatable bonds is 8. The van der Waals surface area contributed by atoms with Crippen molar-refractivity contribution in [3.05, 3.63) is 52.5 Å². The van der Waals surface area contributed by atoms with Crippen LogP contribution in [0.4, 0.5) is 4.39 Å². The third-order valence-electron chi connectivity index (χ3n) is 3.60. The summed E-state index contributed by atoms with van der Waals surface area (Å²) < 4.78 is 19.3. The largest absolute Gasteiger partial charge is 0.486 e. The lowest BCUT2D eigenvalue weighted by Gasteiger charge is -2.18. The molecule has 6 nitrogen and oxygen atoms in total. The first-order chi connectivity index (χ1) is 13.0. The molecule has 1 atom stereocenters. The molecule has 0 spiro atoms. The standard InChI is InChI=1S/C19H25FN4O2S/c1-14(26-17-9-5-4-8-16(17)20)11-21-19(23-13-18(25)24(2)3)22-12-15-7-6-10-27-15/h4-10,14H,11-13H2,1-3H3,(H2,21,22,23). The molecule has 0 saturated heterocycles. The van der Waals surface area contributed by atoms with E-state index in [1.807, 2.05) is 24.4 Å². The van der Waals surface area contributed by atoms with Gasteiger partial charge in [0.05, 0.1) is 13.1 Å². The first-order valence-corrected chi connectivity index (χ1v) is 9.49. The fourth-order valence-electron chi connectivity index (χ4n) is 2.09. The number of carbonyl (C=O) groups excluding carboxylic acids is 1. The number of nitrogens with one attached hydrogen (secondary N) is 2. The zero-order valence-corrected chi connectivity index (χ0v) is 16.6. The normalized spacial score (nSPS) is 12.4. The molecule has 0 aliphatic heterocycles. The highest BCUT2D eigenvalue weighted by atomic mass is 32.1. The van der Waals surface area contributed by atoms with E-state index in [0.29, 0.717) is 19.0 Å². The Morgan fingerprint density at radius 3 is 2.70 bits per heavy atom. The number of hydrogen-bond donors (Lipinski definition) is 2. The zero-order valence-electron chi connectivity index (χ0n) is 15.7. The maximum absolute atomic E-state index is 13.7. The molecular weight excluding hydrogens is 367 g/mol. The van der Waals surface area contributed by atoms with Gasteiger partial charge in [0.15, 0.2) is 17.5 Å². The number of amides is 1. The maximum atomic E-state index is 13.7. The molecule has 1 aromatic carbocycles. The van der Waals surface area contributed by atoms with Crippen LogP contribution >= 0.6 is 11.3 Å². The number of ether oxygens (including phenoxy) is 1. The molecule has 0 aliphatic rings. The first-order valence-electron chi connectivity index (χ1n) is 8.61. The summed E-state index contributed by atoms with van der Waals surface area (Å²) >= 11 is 1.64. The second-order valence-electron chi connectivity index (χ2n) is 6.13. The summed E-state index contributed by atoms with van der Waals surface area (Å²) in [6.07, 6.45) is -0.291. The van der Waals surface area contributed by atoms with Gasteiger partial charge in [-0.15, -0.1) is 11.3 Å². The Bertz CT molecular complexity index is 750. The molecule has 8 heteroatoms. The molecule has 1 aromatic heterocycles. The summed E-state index contributed by atoms with van der Waals surface area (Å²) in [6.45, 7) is 2.87. The molecule has 0 bridgehead atoms. The Morgan fingerprint density at radius 2 is 2.04 bits per heavy atom. The van der Waals surface area contributed by atoms with E-state index in [0.717, 1.165) is 4.88 Å². The van der Waals surface area contributed by atoms with E-state index in [9.17, 15) is 9.18 Å². The molecule has 0 radical (unpaired) electrons.